The van der Waals surface area contributed by atoms with Crippen LogP contribution in [0.15, 0.2) is 5.38 Å². The molecule has 0 bridgehead atoms. The Kier molecular flexibility index (Phi) is 2.83. The highest BCUT2D eigenvalue weighted by Gasteiger charge is 2.15. The second-order valence-corrected chi connectivity index (χ2v) is 3.84. The summed E-state index contributed by atoms with van der Waals surface area (Å²) < 4.78 is 0. The number of carbonyl (C=O) groups is 2. The van der Waals surface area contributed by atoms with Crippen molar-refractivity contribution in [3.05, 3.63) is 21.4 Å². The van der Waals surface area contributed by atoms with E-state index in [1.54, 1.807) is 26.4 Å². The van der Waals surface area contributed by atoms with Crippen molar-refractivity contribution in [2.45, 2.75) is 6.92 Å². The van der Waals surface area contributed by atoms with E-state index in [0.717, 1.165) is 11.8 Å². The van der Waals surface area contributed by atoms with Gasteiger partial charge in [-0.25, -0.2) is 0 Å². The molecule has 4 heteroatoms. The summed E-state index contributed by atoms with van der Waals surface area (Å²) in [4.78, 5) is 24.2. The van der Waals surface area contributed by atoms with Crippen LogP contribution in [0, 0.1) is 6.92 Å². The molecule has 0 unspecified atom stereocenters. The van der Waals surface area contributed by atoms with E-state index in [0.29, 0.717) is 10.4 Å². The van der Waals surface area contributed by atoms with Gasteiger partial charge in [0.15, 0.2) is 6.29 Å². The fourth-order valence-corrected chi connectivity index (χ4v) is 2.02. The topological polar surface area (TPSA) is 37.4 Å². The summed E-state index contributed by atoms with van der Waals surface area (Å²) in [6, 6.07) is 0. The Morgan fingerprint density at radius 3 is 2.54 bits per heavy atom. The standard InChI is InChI=1S/C9H11NO2S/c1-6-7(4-11)5-13-8(6)9(12)10(2)3/h4-5H,1-3H3. The molecule has 0 atom stereocenters. The van der Waals surface area contributed by atoms with Crippen LogP contribution in [0.3, 0.4) is 0 Å². The third kappa shape index (κ3) is 1.78. The lowest BCUT2D eigenvalue weighted by Gasteiger charge is -2.08. The van der Waals surface area contributed by atoms with E-state index in [9.17, 15) is 9.59 Å². The molecule has 13 heavy (non-hydrogen) atoms. The van der Waals surface area contributed by atoms with Crippen molar-refractivity contribution in [3.63, 3.8) is 0 Å². The molecule has 0 aromatic carbocycles. The Morgan fingerprint density at radius 2 is 2.15 bits per heavy atom. The van der Waals surface area contributed by atoms with Crippen molar-refractivity contribution in [2.24, 2.45) is 0 Å². The maximum absolute atomic E-state index is 11.5. The summed E-state index contributed by atoms with van der Waals surface area (Å²) in [6.07, 6.45) is 0.776. The van der Waals surface area contributed by atoms with Crippen LogP contribution in [-0.4, -0.2) is 31.2 Å². The zero-order valence-electron chi connectivity index (χ0n) is 7.83. The molecule has 0 aliphatic carbocycles. The smallest absolute Gasteiger partial charge is 0.263 e. The lowest BCUT2D eigenvalue weighted by molar-refractivity contribution is 0.0831. The number of aldehydes is 1. The minimum atomic E-state index is -0.0457. The Balaban J connectivity index is 3.09. The Morgan fingerprint density at radius 1 is 1.54 bits per heavy atom. The number of hydrogen-bond acceptors (Lipinski definition) is 3. The van der Waals surface area contributed by atoms with Gasteiger partial charge in [0.05, 0.1) is 4.88 Å². The number of carbonyl (C=O) groups excluding carboxylic acids is 2. The van der Waals surface area contributed by atoms with Gasteiger partial charge in [0.2, 0.25) is 0 Å². The predicted molar refractivity (Wildman–Crippen MR) is 52.5 cm³/mol. The van der Waals surface area contributed by atoms with E-state index in [-0.39, 0.29) is 5.91 Å². The van der Waals surface area contributed by atoms with Gasteiger partial charge in [-0.3, -0.25) is 9.59 Å². The van der Waals surface area contributed by atoms with Gasteiger partial charge in [-0.1, -0.05) is 0 Å². The van der Waals surface area contributed by atoms with Gasteiger partial charge < -0.3 is 4.90 Å². The maximum Gasteiger partial charge on any atom is 0.263 e. The molecular weight excluding hydrogens is 186 g/mol. The highest BCUT2D eigenvalue weighted by atomic mass is 32.1. The molecule has 70 valence electrons. The summed E-state index contributed by atoms with van der Waals surface area (Å²) in [5.41, 5.74) is 1.38. The fourth-order valence-electron chi connectivity index (χ4n) is 0.960. The molecule has 0 aliphatic rings. The summed E-state index contributed by atoms with van der Waals surface area (Å²) in [5.74, 6) is -0.0457. The number of nitrogens with zero attached hydrogens (tertiary/aromatic N) is 1. The van der Waals surface area contributed by atoms with Gasteiger partial charge in [-0.15, -0.1) is 11.3 Å². The molecule has 1 heterocycles. The first kappa shape index (κ1) is 9.92. The zero-order valence-corrected chi connectivity index (χ0v) is 8.64. The zero-order chi connectivity index (χ0) is 10.0. The summed E-state index contributed by atoms with van der Waals surface area (Å²) >= 11 is 1.31. The normalized spacial score (nSPS) is 9.77. The SMILES string of the molecule is Cc1c(C=O)csc1C(=O)N(C)C. The molecule has 0 fully saturated rings. The highest BCUT2D eigenvalue weighted by molar-refractivity contribution is 7.12. The van der Waals surface area contributed by atoms with Crippen LogP contribution in [0.2, 0.25) is 0 Å². The first-order valence-corrected chi connectivity index (χ1v) is 4.70. The average Bonchev–Trinajstić information content (AvgIpc) is 2.45. The summed E-state index contributed by atoms with van der Waals surface area (Å²) in [6.45, 7) is 1.79. The van der Waals surface area contributed by atoms with E-state index >= 15 is 0 Å². The second kappa shape index (κ2) is 3.70. The van der Waals surface area contributed by atoms with E-state index < -0.39 is 0 Å². The number of amides is 1. The largest absolute Gasteiger partial charge is 0.344 e. The van der Waals surface area contributed by atoms with Gasteiger partial charge in [0.25, 0.3) is 5.91 Å². The Hall–Kier alpha value is -1.16. The van der Waals surface area contributed by atoms with E-state index in [4.69, 9.17) is 0 Å². The van der Waals surface area contributed by atoms with Crippen LogP contribution >= 0.6 is 11.3 Å². The molecule has 1 aromatic rings. The lowest BCUT2D eigenvalue weighted by atomic mass is 10.2. The maximum atomic E-state index is 11.5. The monoisotopic (exact) mass is 197 g/mol. The molecule has 1 aromatic heterocycles. The first-order chi connectivity index (χ1) is 6.07. The van der Waals surface area contributed by atoms with Crippen LogP contribution in [0.5, 0.6) is 0 Å². The van der Waals surface area contributed by atoms with Gasteiger partial charge >= 0.3 is 0 Å². The molecule has 1 amide bonds. The minimum Gasteiger partial charge on any atom is -0.344 e. The van der Waals surface area contributed by atoms with Gasteiger partial charge in [0, 0.05) is 25.0 Å². The first-order valence-electron chi connectivity index (χ1n) is 3.83. The van der Waals surface area contributed by atoms with Crippen LogP contribution in [0.4, 0.5) is 0 Å². The molecule has 1 rings (SSSR count). The number of thiophene rings is 1. The average molecular weight is 197 g/mol. The number of hydrogen-bond donors (Lipinski definition) is 0. The summed E-state index contributed by atoms with van der Waals surface area (Å²) in [5, 5.41) is 1.71. The van der Waals surface area contributed by atoms with Crippen molar-refractivity contribution in [1.82, 2.24) is 4.90 Å². The molecule has 0 saturated heterocycles. The Labute approximate surface area is 81.0 Å². The van der Waals surface area contributed by atoms with Crippen molar-refractivity contribution in [1.29, 1.82) is 0 Å². The van der Waals surface area contributed by atoms with Gasteiger partial charge in [0.1, 0.15) is 0 Å². The molecule has 0 spiro atoms. The predicted octanol–water partition coefficient (Wildman–Crippen LogP) is 1.57. The third-order valence-electron chi connectivity index (χ3n) is 1.80. The van der Waals surface area contributed by atoms with Crippen molar-refractivity contribution in [2.75, 3.05) is 14.1 Å². The quantitative estimate of drug-likeness (QED) is 0.675. The highest BCUT2D eigenvalue weighted by Crippen LogP contribution is 2.21. The van der Waals surface area contributed by atoms with Crippen LogP contribution in [-0.2, 0) is 0 Å². The second-order valence-electron chi connectivity index (χ2n) is 2.96. The fraction of sp³-hybridized carbons (Fsp3) is 0.333. The molecule has 0 N–H and O–H groups in total. The molecule has 0 saturated carbocycles. The van der Waals surface area contributed by atoms with Crippen molar-refractivity contribution in [3.8, 4) is 0 Å². The number of rotatable bonds is 2. The molecule has 0 aliphatic heterocycles. The third-order valence-corrected chi connectivity index (χ3v) is 2.89. The van der Waals surface area contributed by atoms with E-state index in [1.807, 2.05) is 0 Å². The molecule has 3 nitrogen and oxygen atoms in total. The van der Waals surface area contributed by atoms with E-state index in [2.05, 4.69) is 0 Å². The summed E-state index contributed by atoms with van der Waals surface area (Å²) in [7, 11) is 3.39. The van der Waals surface area contributed by atoms with Gasteiger partial charge in [-0.2, -0.15) is 0 Å². The Bertz CT molecular complexity index is 341. The van der Waals surface area contributed by atoms with Crippen molar-refractivity contribution >= 4 is 23.5 Å². The van der Waals surface area contributed by atoms with Gasteiger partial charge in [-0.05, 0) is 12.5 Å². The lowest BCUT2D eigenvalue weighted by Crippen LogP contribution is -2.21. The van der Waals surface area contributed by atoms with Crippen LogP contribution < -0.4 is 0 Å². The minimum absolute atomic E-state index is 0.0457. The molecular formula is C9H11NO2S. The van der Waals surface area contributed by atoms with Crippen LogP contribution in [0.25, 0.3) is 0 Å². The van der Waals surface area contributed by atoms with Crippen LogP contribution in [0.1, 0.15) is 25.6 Å². The van der Waals surface area contributed by atoms with E-state index in [1.165, 1.54) is 16.2 Å². The molecule has 0 radical (unpaired) electrons. The van der Waals surface area contributed by atoms with Crippen molar-refractivity contribution < 1.29 is 9.59 Å².